The number of hydrogen-bond donors (Lipinski definition) is 1. The molecule has 136 valence electrons. The van der Waals surface area contributed by atoms with Crippen molar-refractivity contribution in [3.05, 3.63) is 35.6 Å². The third-order valence-electron chi connectivity index (χ3n) is 4.66. The number of ether oxygens (including phenoxy) is 1. The van der Waals surface area contributed by atoms with Crippen LogP contribution in [0.1, 0.15) is 18.4 Å². The van der Waals surface area contributed by atoms with E-state index in [1.807, 2.05) is 11.0 Å². The normalized spacial score (nSPS) is 22.4. The van der Waals surface area contributed by atoms with Crippen molar-refractivity contribution >= 4 is 11.8 Å². The number of carbonyl (C=O) groups is 2. The van der Waals surface area contributed by atoms with Crippen LogP contribution in [-0.4, -0.2) is 67.0 Å². The Hall–Kier alpha value is -1.99. The van der Waals surface area contributed by atoms with E-state index in [9.17, 15) is 14.0 Å². The van der Waals surface area contributed by atoms with Crippen LogP contribution in [0.4, 0.5) is 4.39 Å². The maximum absolute atomic E-state index is 13.4. The lowest BCUT2D eigenvalue weighted by molar-refractivity contribution is -0.139. The van der Waals surface area contributed by atoms with Crippen molar-refractivity contribution in [3.8, 4) is 0 Å². The lowest BCUT2D eigenvalue weighted by Crippen LogP contribution is -2.56. The first-order valence-corrected chi connectivity index (χ1v) is 8.75. The molecule has 0 radical (unpaired) electrons. The van der Waals surface area contributed by atoms with Gasteiger partial charge in [0.25, 0.3) is 0 Å². The molecular formula is C18H24FN3O3. The number of nitrogens with one attached hydrogen (secondary N) is 1. The molecule has 1 aromatic carbocycles. The molecule has 0 saturated carbocycles. The van der Waals surface area contributed by atoms with Gasteiger partial charge >= 0.3 is 0 Å². The Balaban J connectivity index is 1.67. The molecule has 3 rings (SSSR count). The van der Waals surface area contributed by atoms with E-state index < -0.39 is 6.04 Å². The van der Waals surface area contributed by atoms with Crippen molar-refractivity contribution in [1.82, 2.24) is 15.1 Å². The van der Waals surface area contributed by atoms with Crippen LogP contribution in [0.3, 0.4) is 0 Å². The molecule has 2 aliphatic heterocycles. The number of halogens is 1. The van der Waals surface area contributed by atoms with E-state index in [1.54, 1.807) is 11.0 Å². The zero-order valence-corrected chi connectivity index (χ0v) is 14.2. The van der Waals surface area contributed by atoms with Gasteiger partial charge in [-0.3, -0.25) is 14.5 Å². The van der Waals surface area contributed by atoms with Crippen LogP contribution >= 0.6 is 0 Å². The van der Waals surface area contributed by atoms with Crippen molar-refractivity contribution < 1.29 is 18.7 Å². The van der Waals surface area contributed by atoms with Crippen LogP contribution in [0.15, 0.2) is 24.3 Å². The van der Waals surface area contributed by atoms with Gasteiger partial charge in [-0.25, -0.2) is 4.39 Å². The monoisotopic (exact) mass is 349 g/mol. The topological polar surface area (TPSA) is 61.9 Å². The molecular weight excluding hydrogens is 325 g/mol. The lowest BCUT2D eigenvalue weighted by Gasteiger charge is -2.35. The molecule has 0 aromatic heterocycles. The molecule has 0 spiro atoms. The molecule has 1 atom stereocenters. The van der Waals surface area contributed by atoms with Crippen LogP contribution < -0.4 is 5.32 Å². The minimum atomic E-state index is -0.520. The zero-order chi connectivity index (χ0) is 17.6. The average molecular weight is 349 g/mol. The summed E-state index contributed by atoms with van der Waals surface area (Å²) < 4.78 is 18.8. The Labute approximate surface area is 146 Å². The summed E-state index contributed by atoms with van der Waals surface area (Å²) in [5.74, 6) is -0.463. The summed E-state index contributed by atoms with van der Waals surface area (Å²) in [6.45, 7) is 4.06. The van der Waals surface area contributed by atoms with E-state index in [0.29, 0.717) is 45.9 Å². The third-order valence-corrected chi connectivity index (χ3v) is 4.66. The van der Waals surface area contributed by atoms with Crippen molar-refractivity contribution in [1.29, 1.82) is 0 Å². The Bertz CT molecular complexity index is 617. The molecule has 1 aromatic rings. The third kappa shape index (κ3) is 4.76. The van der Waals surface area contributed by atoms with Crippen LogP contribution in [-0.2, 0) is 20.9 Å². The number of nitrogens with zero attached hydrogens (tertiary/aromatic N) is 2. The largest absolute Gasteiger partial charge is 0.380 e. The standard InChI is InChI=1S/C18H24FN3O3/c19-15-4-1-3-14(11-15)13-22-7-5-20-18(24)16(22)12-17(23)21-6-2-9-25-10-8-21/h1,3-4,11,16H,2,5-10,12-13H2,(H,20,24)/t16-/m1/s1. The highest BCUT2D eigenvalue weighted by atomic mass is 19.1. The van der Waals surface area contributed by atoms with Crippen molar-refractivity contribution in [2.45, 2.75) is 25.4 Å². The first-order valence-electron chi connectivity index (χ1n) is 8.75. The summed E-state index contributed by atoms with van der Waals surface area (Å²) in [5.41, 5.74) is 0.801. The van der Waals surface area contributed by atoms with Crippen LogP contribution in [0.5, 0.6) is 0 Å². The van der Waals surface area contributed by atoms with E-state index in [1.165, 1.54) is 12.1 Å². The van der Waals surface area contributed by atoms with Gasteiger partial charge < -0.3 is 15.0 Å². The summed E-state index contributed by atoms with van der Waals surface area (Å²) in [6.07, 6.45) is 0.955. The van der Waals surface area contributed by atoms with Crippen molar-refractivity contribution in [2.24, 2.45) is 0 Å². The number of piperazine rings is 1. The van der Waals surface area contributed by atoms with Crippen LogP contribution in [0.25, 0.3) is 0 Å². The number of rotatable bonds is 4. The molecule has 7 heteroatoms. The molecule has 0 aliphatic carbocycles. The van der Waals surface area contributed by atoms with Crippen molar-refractivity contribution in [3.63, 3.8) is 0 Å². The van der Waals surface area contributed by atoms with Gasteiger partial charge in [-0.1, -0.05) is 12.1 Å². The van der Waals surface area contributed by atoms with Gasteiger partial charge in [0.2, 0.25) is 11.8 Å². The van der Waals surface area contributed by atoms with E-state index in [4.69, 9.17) is 4.74 Å². The SMILES string of the molecule is O=C1NCCN(Cc2cccc(F)c2)[C@@H]1CC(=O)N1CCCOCC1. The Morgan fingerprint density at radius 3 is 3.00 bits per heavy atom. The Morgan fingerprint density at radius 2 is 2.16 bits per heavy atom. The number of benzene rings is 1. The zero-order valence-electron chi connectivity index (χ0n) is 14.2. The highest BCUT2D eigenvalue weighted by molar-refractivity contribution is 5.88. The predicted octanol–water partition coefficient (Wildman–Crippen LogP) is 0.765. The molecule has 2 heterocycles. The van der Waals surface area contributed by atoms with Gasteiger partial charge in [0.15, 0.2) is 0 Å². The smallest absolute Gasteiger partial charge is 0.237 e. The number of amides is 2. The van der Waals surface area contributed by atoms with Gasteiger partial charge in [0, 0.05) is 39.3 Å². The number of hydrogen-bond acceptors (Lipinski definition) is 4. The molecule has 2 aliphatic rings. The fourth-order valence-electron chi connectivity index (χ4n) is 3.33. The highest BCUT2D eigenvalue weighted by Gasteiger charge is 2.33. The molecule has 0 unspecified atom stereocenters. The fraction of sp³-hybridized carbons (Fsp3) is 0.556. The minimum Gasteiger partial charge on any atom is -0.380 e. The summed E-state index contributed by atoms with van der Waals surface area (Å²) in [7, 11) is 0. The van der Waals surface area contributed by atoms with Crippen LogP contribution in [0.2, 0.25) is 0 Å². The van der Waals surface area contributed by atoms with E-state index >= 15 is 0 Å². The van der Waals surface area contributed by atoms with Crippen LogP contribution in [0, 0.1) is 5.82 Å². The summed E-state index contributed by atoms with van der Waals surface area (Å²) in [6, 6.07) is 5.84. The van der Waals surface area contributed by atoms with Gasteiger partial charge in [0.1, 0.15) is 5.82 Å². The summed E-state index contributed by atoms with van der Waals surface area (Å²) >= 11 is 0. The first kappa shape index (κ1) is 17.8. The maximum atomic E-state index is 13.4. The second-order valence-corrected chi connectivity index (χ2v) is 6.46. The summed E-state index contributed by atoms with van der Waals surface area (Å²) in [5, 5.41) is 2.83. The Kier molecular flexibility index (Phi) is 5.99. The quantitative estimate of drug-likeness (QED) is 0.872. The van der Waals surface area contributed by atoms with E-state index in [2.05, 4.69) is 5.32 Å². The lowest BCUT2D eigenvalue weighted by atomic mass is 10.1. The molecule has 2 fully saturated rings. The molecule has 2 amide bonds. The van der Waals surface area contributed by atoms with Gasteiger partial charge in [-0.05, 0) is 24.1 Å². The van der Waals surface area contributed by atoms with Gasteiger partial charge in [-0.2, -0.15) is 0 Å². The van der Waals surface area contributed by atoms with Crippen molar-refractivity contribution in [2.75, 3.05) is 39.4 Å². The molecule has 25 heavy (non-hydrogen) atoms. The first-order chi connectivity index (χ1) is 12.1. The van der Waals surface area contributed by atoms with E-state index in [-0.39, 0.29) is 24.1 Å². The van der Waals surface area contributed by atoms with Gasteiger partial charge in [0.05, 0.1) is 19.1 Å². The maximum Gasteiger partial charge on any atom is 0.237 e. The molecule has 2 saturated heterocycles. The number of carbonyl (C=O) groups excluding carboxylic acids is 2. The van der Waals surface area contributed by atoms with E-state index in [0.717, 1.165) is 12.0 Å². The molecule has 1 N–H and O–H groups in total. The second kappa shape index (κ2) is 8.40. The highest BCUT2D eigenvalue weighted by Crippen LogP contribution is 2.16. The average Bonchev–Trinajstić information content (AvgIpc) is 2.87. The second-order valence-electron chi connectivity index (χ2n) is 6.46. The van der Waals surface area contributed by atoms with Gasteiger partial charge in [-0.15, -0.1) is 0 Å². The predicted molar refractivity (Wildman–Crippen MR) is 90.2 cm³/mol. The molecule has 0 bridgehead atoms. The molecule has 6 nitrogen and oxygen atoms in total. The Morgan fingerprint density at radius 1 is 1.28 bits per heavy atom. The fourth-order valence-corrected chi connectivity index (χ4v) is 3.33. The minimum absolute atomic E-state index is 0.0307. The summed E-state index contributed by atoms with van der Waals surface area (Å²) in [4.78, 5) is 28.7.